The molecule has 0 amide bonds. The van der Waals surface area contributed by atoms with Crippen molar-refractivity contribution in [2.24, 2.45) is 0 Å². The Kier molecular flexibility index (Phi) is 3.46. The summed E-state index contributed by atoms with van der Waals surface area (Å²) in [4.78, 5) is 2.24. The van der Waals surface area contributed by atoms with Gasteiger partial charge in [0.2, 0.25) is 5.39 Å². The van der Waals surface area contributed by atoms with Gasteiger partial charge in [-0.1, -0.05) is 24.3 Å². The second kappa shape index (κ2) is 5.06. The number of hydrogen-bond donors (Lipinski definition) is 1. The molecule has 96 valence electrons. The van der Waals surface area contributed by atoms with Crippen LogP contribution in [0.4, 0.5) is 17.1 Å². The highest BCUT2D eigenvalue weighted by Gasteiger charge is 2.23. The molecular formula is C12H9N3O3S. The van der Waals surface area contributed by atoms with E-state index in [9.17, 15) is 13.0 Å². The molecule has 2 aromatic rings. The van der Waals surface area contributed by atoms with Gasteiger partial charge >= 0.3 is 5.69 Å². The molecule has 0 heterocycles. The lowest BCUT2D eigenvalue weighted by Gasteiger charge is -2.12. The SMILES string of the molecule is N#[N+]c1cccc(Nc2ccccc2)c1S(=O)(=O)[O-]. The minimum absolute atomic E-state index is 0.0662. The van der Waals surface area contributed by atoms with Crippen molar-refractivity contribution in [3.8, 4) is 0 Å². The number of anilines is 2. The van der Waals surface area contributed by atoms with E-state index >= 15 is 0 Å². The predicted molar refractivity (Wildman–Crippen MR) is 68.9 cm³/mol. The summed E-state index contributed by atoms with van der Waals surface area (Å²) in [5.41, 5.74) is 0.384. The number of nitrogens with one attached hydrogen (secondary N) is 1. The van der Waals surface area contributed by atoms with Crippen LogP contribution in [-0.2, 0) is 10.1 Å². The Labute approximate surface area is 110 Å². The molecule has 19 heavy (non-hydrogen) atoms. The van der Waals surface area contributed by atoms with Gasteiger partial charge in [0.05, 0.1) is 5.69 Å². The Bertz CT molecular complexity index is 737. The van der Waals surface area contributed by atoms with Gasteiger partial charge in [-0.25, -0.2) is 8.42 Å². The van der Waals surface area contributed by atoms with Crippen molar-refractivity contribution in [1.82, 2.24) is 0 Å². The third-order valence-corrected chi connectivity index (χ3v) is 3.33. The molecule has 0 aliphatic rings. The summed E-state index contributed by atoms with van der Waals surface area (Å²) in [6, 6.07) is 12.9. The Balaban J connectivity index is 2.56. The average molecular weight is 275 g/mol. The second-order valence-corrected chi connectivity index (χ2v) is 5.02. The van der Waals surface area contributed by atoms with Crippen molar-refractivity contribution in [3.05, 3.63) is 53.5 Å². The highest BCUT2D eigenvalue weighted by atomic mass is 32.2. The maximum atomic E-state index is 11.3. The molecule has 0 radical (unpaired) electrons. The topological polar surface area (TPSA) is 97.4 Å². The van der Waals surface area contributed by atoms with Crippen LogP contribution in [0.5, 0.6) is 0 Å². The molecule has 2 rings (SSSR count). The highest BCUT2D eigenvalue weighted by Crippen LogP contribution is 2.33. The van der Waals surface area contributed by atoms with Crippen LogP contribution >= 0.6 is 0 Å². The van der Waals surface area contributed by atoms with Gasteiger partial charge in [0.25, 0.3) is 0 Å². The molecule has 0 bridgehead atoms. The number of nitrogens with zero attached hydrogens (tertiary/aromatic N) is 2. The van der Waals surface area contributed by atoms with Crippen LogP contribution in [0.1, 0.15) is 0 Å². The van der Waals surface area contributed by atoms with Gasteiger partial charge < -0.3 is 9.87 Å². The lowest BCUT2D eigenvalue weighted by molar-refractivity contribution is 0.464. The third kappa shape index (κ3) is 2.88. The fourth-order valence-corrected chi connectivity index (χ4v) is 2.40. The Morgan fingerprint density at radius 1 is 1.05 bits per heavy atom. The number of hydrogen-bond acceptors (Lipinski definition) is 5. The second-order valence-electron chi connectivity index (χ2n) is 3.70. The standard InChI is InChI=1S/C12H9N3O3S/c13-15-11-8-4-7-10(12(11)19(16,17)18)14-9-5-2-1-3-6-9/h1-8,14H. The number of para-hydroxylation sites is 1. The lowest BCUT2D eigenvalue weighted by atomic mass is 10.2. The summed E-state index contributed by atoms with van der Waals surface area (Å²) >= 11 is 0. The van der Waals surface area contributed by atoms with Crippen LogP contribution in [0, 0.1) is 5.39 Å². The van der Waals surface area contributed by atoms with Gasteiger partial charge in [-0.2, -0.15) is 0 Å². The third-order valence-electron chi connectivity index (χ3n) is 2.40. The minimum atomic E-state index is -4.76. The fraction of sp³-hybridized carbons (Fsp3) is 0. The number of benzene rings is 2. The molecule has 0 aliphatic heterocycles. The molecule has 0 aliphatic carbocycles. The molecule has 6 nitrogen and oxygen atoms in total. The number of rotatable bonds is 3. The van der Waals surface area contributed by atoms with E-state index in [2.05, 4.69) is 10.3 Å². The molecular weight excluding hydrogens is 266 g/mol. The molecule has 7 heteroatoms. The van der Waals surface area contributed by atoms with Gasteiger partial charge in [-0.05, 0) is 18.2 Å². The highest BCUT2D eigenvalue weighted by molar-refractivity contribution is 7.86. The van der Waals surface area contributed by atoms with E-state index < -0.39 is 15.0 Å². The van der Waals surface area contributed by atoms with E-state index in [0.29, 0.717) is 5.69 Å². The van der Waals surface area contributed by atoms with Crippen LogP contribution in [0.25, 0.3) is 4.98 Å². The van der Waals surface area contributed by atoms with Crippen LogP contribution < -0.4 is 5.32 Å². The molecule has 0 saturated carbocycles. The van der Waals surface area contributed by atoms with E-state index in [0.717, 1.165) is 0 Å². The maximum Gasteiger partial charge on any atom is 0.404 e. The molecule has 0 unspecified atom stereocenters. The summed E-state index contributed by atoms with van der Waals surface area (Å²) in [7, 11) is -4.76. The van der Waals surface area contributed by atoms with E-state index in [1.807, 2.05) is 0 Å². The average Bonchev–Trinajstić information content (AvgIpc) is 2.38. The first-order chi connectivity index (χ1) is 9.02. The van der Waals surface area contributed by atoms with E-state index in [4.69, 9.17) is 5.39 Å². The quantitative estimate of drug-likeness (QED) is 0.686. The molecule has 2 aromatic carbocycles. The zero-order valence-electron chi connectivity index (χ0n) is 9.65. The first-order valence-electron chi connectivity index (χ1n) is 5.28. The van der Waals surface area contributed by atoms with Crippen molar-refractivity contribution in [2.45, 2.75) is 4.90 Å². The van der Waals surface area contributed by atoms with Crippen molar-refractivity contribution in [3.63, 3.8) is 0 Å². The van der Waals surface area contributed by atoms with Crippen molar-refractivity contribution in [1.29, 1.82) is 5.39 Å². The van der Waals surface area contributed by atoms with E-state index in [-0.39, 0.29) is 11.4 Å². The first-order valence-corrected chi connectivity index (χ1v) is 6.69. The first kappa shape index (κ1) is 13.0. The minimum Gasteiger partial charge on any atom is -0.744 e. The summed E-state index contributed by atoms with van der Waals surface area (Å²) < 4.78 is 33.8. The van der Waals surface area contributed by atoms with Gasteiger partial charge in [0.1, 0.15) is 10.1 Å². The summed E-state index contributed by atoms with van der Waals surface area (Å²) in [6.07, 6.45) is 0. The molecule has 0 spiro atoms. The molecule has 0 fully saturated rings. The van der Waals surface area contributed by atoms with Crippen LogP contribution in [0.2, 0.25) is 0 Å². The Hall–Kier alpha value is -2.43. The van der Waals surface area contributed by atoms with E-state index in [1.165, 1.54) is 18.2 Å². The zero-order chi connectivity index (χ0) is 13.9. The molecule has 0 aromatic heterocycles. The van der Waals surface area contributed by atoms with Crippen molar-refractivity contribution >= 4 is 27.2 Å². The normalized spacial score (nSPS) is 10.7. The molecule has 0 saturated heterocycles. The maximum absolute atomic E-state index is 11.3. The van der Waals surface area contributed by atoms with E-state index in [1.54, 1.807) is 30.3 Å². The molecule has 0 atom stereocenters. The monoisotopic (exact) mass is 275 g/mol. The van der Waals surface area contributed by atoms with Crippen molar-refractivity contribution in [2.75, 3.05) is 5.32 Å². The zero-order valence-corrected chi connectivity index (χ0v) is 10.5. The smallest absolute Gasteiger partial charge is 0.404 e. The van der Waals surface area contributed by atoms with Crippen LogP contribution in [0.3, 0.4) is 0 Å². The van der Waals surface area contributed by atoms with Gasteiger partial charge in [-0.15, -0.1) is 0 Å². The fourth-order valence-electron chi connectivity index (χ4n) is 1.64. The summed E-state index contributed by atoms with van der Waals surface area (Å²) in [5, 5.41) is 11.6. The largest absolute Gasteiger partial charge is 0.744 e. The Morgan fingerprint density at radius 3 is 2.32 bits per heavy atom. The summed E-state index contributed by atoms with van der Waals surface area (Å²) in [5.74, 6) is 0. The summed E-state index contributed by atoms with van der Waals surface area (Å²) in [6.45, 7) is 0. The van der Waals surface area contributed by atoms with Crippen LogP contribution in [0.15, 0.2) is 53.4 Å². The van der Waals surface area contributed by atoms with Gasteiger partial charge in [-0.3, -0.25) is 0 Å². The van der Waals surface area contributed by atoms with Gasteiger partial charge in [0, 0.05) is 11.8 Å². The van der Waals surface area contributed by atoms with Crippen LogP contribution in [-0.4, -0.2) is 13.0 Å². The predicted octanol–water partition coefficient (Wildman–Crippen LogP) is 2.82. The lowest BCUT2D eigenvalue weighted by Crippen LogP contribution is -2.03. The molecule has 1 N–H and O–H groups in total. The Morgan fingerprint density at radius 2 is 1.74 bits per heavy atom. The number of diazo groups is 1. The van der Waals surface area contributed by atoms with Gasteiger partial charge in [0.15, 0.2) is 9.87 Å². The van der Waals surface area contributed by atoms with Crippen molar-refractivity contribution < 1.29 is 13.0 Å².